The van der Waals surface area contributed by atoms with E-state index in [2.05, 4.69) is 22.4 Å². The van der Waals surface area contributed by atoms with Crippen LogP contribution in [0.15, 0.2) is 24.3 Å². The quantitative estimate of drug-likeness (QED) is 0.843. The van der Waals surface area contributed by atoms with Gasteiger partial charge >= 0.3 is 6.18 Å². The topological polar surface area (TPSA) is 67.3 Å². The smallest absolute Gasteiger partial charge is 0.416 e. The summed E-state index contributed by atoms with van der Waals surface area (Å²) >= 11 is 0. The highest BCUT2D eigenvalue weighted by atomic mass is 19.4. The Balaban J connectivity index is 1.75. The van der Waals surface area contributed by atoms with E-state index in [4.69, 9.17) is 4.74 Å². The number of aromatic hydroxyl groups is 1. The third-order valence-electron chi connectivity index (χ3n) is 4.91. The zero-order valence-corrected chi connectivity index (χ0v) is 15.2. The maximum atomic E-state index is 12.9. The average molecular weight is 381 g/mol. The third kappa shape index (κ3) is 4.56. The summed E-state index contributed by atoms with van der Waals surface area (Å²) in [6, 6.07) is 5.13. The number of benzene rings is 1. The predicted molar refractivity (Wildman–Crippen MR) is 94.2 cm³/mol. The molecule has 1 aliphatic heterocycles. The van der Waals surface area contributed by atoms with Crippen molar-refractivity contribution in [3.05, 3.63) is 41.1 Å². The third-order valence-corrected chi connectivity index (χ3v) is 4.91. The van der Waals surface area contributed by atoms with Crippen LogP contribution in [0.4, 0.5) is 13.2 Å². The Morgan fingerprint density at radius 3 is 2.44 bits per heavy atom. The van der Waals surface area contributed by atoms with E-state index in [-0.39, 0.29) is 16.7 Å². The van der Waals surface area contributed by atoms with Crippen molar-refractivity contribution in [2.75, 3.05) is 13.2 Å². The van der Waals surface area contributed by atoms with E-state index < -0.39 is 17.5 Å². The molecule has 0 saturated carbocycles. The van der Waals surface area contributed by atoms with E-state index in [1.54, 1.807) is 12.1 Å². The van der Waals surface area contributed by atoms with Gasteiger partial charge in [0.1, 0.15) is 5.75 Å². The lowest BCUT2D eigenvalue weighted by atomic mass is 9.92. The van der Waals surface area contributed by atoms with Crippen molar-refractivity contribution in [1.82, 2.24) is 15.5 Å². The van der Waals surface area contributed by atoms with Crippen LogP contribution >= 0.6 is 0 Å². The number of nitrogens with one attached hydrogen (secondary N) is 1. The van der Waals surface area contributed by atoms with Crippen molar-refractivity contribution in [1.29, 1.82) is 0 Å². The SMILES string of the molecule is Cc1cc(C(F)(F)F)cc(O)c1-c1ccc(CNC2(C)CCOCC2)nn1. The number of aromatic nitrogens is 2. The number of phenols is 1. The maximum absolute atomic E-state index is 12.9. The number of nitrogens with zero attached hydrogens (tertiary/aromatic N) is 2. The van der Waals surface area contributed by atoms with Crippen molar-refractivity contribution < 1.29 is 23.0 Å². The summed E-state index contributed by atoms with van der Waals surface area (Å²) < 4.78 is 43.9. The fourth-order valence-corrected chi connectivity index (χ4v) is 3.16. The van der Waals surface area contributed by atoms with Crippen molar-refractivity contribution in [2.45, 2.75) is 44.9 Å². The van der Waals surface area contributed by atoms with Crippen LogP contribution in [0, 0.1) is 6.92 Å². The van der Waals surface area contributed by atoms with Gasteiger partial charge < -0.3 is 15.2 Å². The van der Waals surface area contributed by atoms with Gasteiger partial charge in [-0.05, 0) is 56.5 Å². The molecule has 3 rings (SSSR count). The zero-order valence-electron chi connectivity index (χ0n) is 15.2. The Hall–Kier alpha value is -2.19. The Bertz CT molecular complexity index is 778. The van der Waals surface area contributed by atoms with Gasteiger partial charge in [0.15, 0.2) is 0 Å². The Morgan fingerprint density at radius 1 is 1.19 bits per heavy atom. The van der Waals surface area contributed by atoms with Crippen molar-refractivity contribution in [3.63, 3.8) is 0 Å². The first-order valence-corrected chi connectivity index (χ1v) is 8.74. The lowest BCUT2D eigenvalue weighted by Crippen LogP contribution is -2.46. The van der Waals surface area contributed by atoms with E-state index in [9.17, 15) is 18.3 Å². The molecular formula is C19H22F3N3O2. The van der Waals surface area contributed by atoms with Crippen molar-refractivity contribution in [2.24, 2.45) is 0 Å². The van der Waals surface area contributed by atoms with Crippen LogP contribution in [0.5, 0.6) is 5.75 Å². The van der Waals surface area contributed by atoms with Crippen LogP contribution in [-0.2, 0) is 17.5 Å². The molecule has 2 aromatic rings. The molecule has 1 aromatic carbocycles. The summed E-state index contributed by atoms with van der Waals surface area (Å²) in [5, 5.41) is 21.8. The van der Waals surface area contributed by atoms with E-state index in [1.165, 1.54) is 6.92 Å². The molecular weight excluding hydrogens is 359 g/mol. The first-order valence-electron chi connectivity index (χ1n) is 8.74. The van der Waals surface area contributed by atoms with Crippen LogP contribution in [-0.4, -0.2) is 34.1 Å². The molecule has 0 spiro atoms. The molecule has 0 bridgehead atoms. The van der Waals surface area contributed by atoms with Gasteiger partial charge in [-0.15, -0.1) is 0 Å². The number of rotatable bonds is 4. The molecule has 1 fully saturated rings. The first kappa shape index (κ1) is 19.6. The van der Waals surface area contributed by atoms with Crippen LogP contribution in [0.25, 0.3) is 11.3 Å². The number of halogens is 3. The van der Waals surface area contributed by atoms with E-state index in [0.717, 1.165) is 37.8 Å². The molecule has 146 valence electrons. The highest BCUT2D eigenvalue weighted by Crippen LogP contribution is 2.38. The van der Waals surface area contributed by atoms with E-state index in [0.29, 0.717) is 18.3 Å². The van der Waals surface area contributed by atoms with Crippen LogP contribution in [0.3, 0.4) is 0 Å². The summed E-state index contributed by atoms with van der Waals surface area (Å²) in [5.74, 6) is -0.461. The lowest BCUT2D eigenvalue weighted by molar-refractivity contribution is -0.137. The molecule has 5 nitrogen and oxygen atoms in total. The van der Waals surface area contributed by atoms with Gasteiger partial charge in [-0.2, -0.15) is 23.4 Å². The van der Waals surface area contributed by atoms with Gasteiger partial charge in [-0.1, -0.05) is 0 Å². The molecule has 1 aromatic heterocycles. The summed E-state index contributed by atoms with van der Waals surface area (Å²) in [7, 11) is 0. The summed E-state index contributed by atoms with van der Waals surface area (Å²) in [4.78, 5) is 0. The minimum absolute atomic E-state index is 0.0130. The highest BCUT2D eigenvalue weighted by Gasteiger charge is 2.32. The van der Waals surface area contributed by atoms with Gasteiger partial charge in [0.2, 0.25) is 0 Å². The highest BCUT2D eigenvalue weighted by molar-refractivity contribution is 5.71. The molecule has 0 radical (unpaired) electrons. The molecule has 27 heavy (non-hydrogen) atoms. The van der Waals surface area contributed by atoms with Crippen molar-refractivity contribution >= 4 is 0 Å². The summed E-state index contributed by atoms with van der Waals surface area (Å²) in [6.07, 6.45) is -2.68. The number of hydrogen-bond acceptors (Lipinski definition) is 5. The van der Waals surface area contributed by atoms with Crippen LogP contribution < -0.4 is 5.32 Å². The zero-order chi connectivity index (χ0) is 19.7. The summed E-state index contributed by atoms with van der Waals surface area (Å²) in [6.45, 7) is 5.62. The largest absolute Gasteiger partial charge is 0.507 e. The monoisotopic (exact) mass is 381 g/mol. The Morgan fingerprint density at radius 2 is 1.89 bits per heavy atom. The molecule has 2 N–H and O–H groups in total. The lowest BCUT2D eigenvalue weighted by Gasteiger charge is -2.34. The van der Waals surface area contributed by atoms with Crippen LogP contribution in [0.1, 0.15) is 36.6 Å². The van der Waals surface area contributed by atoms with Gasteiger partial charge in [-0.3, -0.25) is 0 Å². The standard InChI is InChI=1S/C19H22F3N3O2/c1-12-9-13(19(20,21)22)10-16(26)17(12)15-4-3-14(24-25-15)11-23-18(2)5-7-27-8-6-18/h3-4,9-10,23,26H,5-8,11H2,1-2H3. The van der Waals surface area contributed by atoms with Gasteiger partial charge in [0.05, 0.1) is 17.0 Å². The number of hydrogen-bond donors (Lipinski definition) is 2. The minimum atomic E-state index is -4.51. The second kappa shape index (κ2) is 7.44. The fourth-order valence-electron chi connectivity index (χ4n) is 3.16. The Kier molecular flexibility index (Phi) is 5.39. The average Bonchev–Trinajstić information content (AvgIpc) is 2.60. The first-order chi connectivity index (χ1) is 12.7. The number of ether oxygens (including phenoxy) is 1. The number of aryl methyl sites for hydroxylation is 1. The van der Waals surface area contributed by atoms with E-state index in [1.807, 2.05) is 0 Å². The van der Waals surface area contributed by atoms with E-state index >= 15 is 0 Å². The predicted octanol–water partition coefficient (Wildman–Crippen LogP) is 3.84. The molecule has 0 aliphatic carbocycles. The minimum Gasteiger partial charge on any atom is -0.507 e. The van der Waals surface area contributed by atoms with Gasteiger partial charge in [0, 0.05) is 30.9 Å². The summed E-state index contributed by atoms with van der Waals surface area (Å²) in [5.41, 5.74) is 0.694. The molecule has 0 atom stereocenters. The molecule has 0 amide bonds. The van der Waals surface area contributed by atoms with Gasteiger partial charge in [-0.25, -0.2) is 0 Å². The normalized spacial score (nSPS) is 17.1. The van der Waals surface area contributed by atoms with Crippen LogP contribution in [0.2, 0.25) is 0 Å². The molecule has 2 heterocycles. The fraction of sp³-hybridized carbons (Fsp3) is 0.474. The van der Waals surface area contributed by atoms with Gasteiger partial charge in [0.25, 0.3) is 0 Å². The molecule has 8 heteroatoms. The second-order valence-corrected chi connectivity index (χ2v) is 7.12. The maximum Gasteiger partial charge on any atom is 0.416 e. The Labute approximate surface area is 155 Å². The number of alkyl halides is 3. The molecule has 0 unspecified atom stereocenters. The van der Waals surface area contributed by atoms with Crippen molar-refractivity contribution in [3.8, 4) is 17.0 Å². The number of phenolic OH excluding ortho intramolecular Hbond substituents is 1. The molecule has 1 aliphatic rings. The second-order valence-electron chi connectivity index (χ2n) is 7.12. The molecule has 1 saturated heterocycles.